The van der Waals surface area contributed by atoms with Gasteiger partial charge in [-0.05, 0) is 32.0 Å². The topological polar surface area (TPSA) is 39.7 Å². The Morgan fingerprint density at radius 1 is 1.40 bits per heavy atom. The summed E-state index contributed by atoms with van der Waals surface area (Å²) < 4.78 is 17.0. The van der Waals surface area contributed by atoms with Crippen molar-refractivity contribution in [3.05, 3.63) is 23.8 Å². The fourth-order valence-electron chi connectivity index (χ4n) is 2.48. The highest BCUT2D eigenvalue weighted by atomic mass is 16.5. The van der Waals surface area contributed by atoms with E-state index in [2.05, 4.69) is 19.2 Å². The SMILES string of the molecule is CCCNC(C)c1c(OC)cccc1OC1CCOC1. The number of ether oxygens (including phenoxy) is 3. The molecule has 1 aliphatic heterocycles. The summed E-state index contributed by atoms with van der Waals surface area (Å²) in [5.74, 6) is 1.77. The third-order valence-corrected chi connectivity index (χ3v) is 3.56. The van der Waals surface area contributed by atoms with Crippen LogP contribution in [0.4, 0.5) is 0 Å². The van der Waals surface area contributed by atoms with Gasteiger partial charge in [0.15, 0.2) is 0 Å². The van der Waals surface area contributed by atoms with E-state index in [0.717, 1.165) is 43.1 Å². The van der Waals surface area contributed by atoms with E-state index in [-0.39, 0.29) is 12.1 Å². The molecule has 1 N–H and O–H groups in total. The Morgan fingerprint density at radius 3 is 2.85 bits per heavy atom. The van der Waals surface area contributed by atoms with E-state index in [1.807, 2.05) is 18.2 Å². The molecule has 0 spiro atoms. The quantitative estimate of drug-likeness (QED) is 0.833. The van der Waals surface area contributed by atoms with E-state index in [1.165, 1.54) is 0 Å². The first-order valence-corrected chi connectivity index (χ1v) is 7.41. The van der Waals surface area contributed by atoms with E-state index < -0.39 is 0 Å². The molecule has 0 aliphatic carbocycles. The Bertz CT molecular complexity index is 416. The van der Waals surface area contributed by atoms with Gasteiger partial charge >= 0.3 is 0 Å². The Hall–Kier alpha value is -1.26. The van der Waals surface area contributed by atoms with Crippen molar-refractivity contribution in [3.8, 4) is 11.5 Å². The van der Waals surface area contributed by atoms with Crippen LogP contribution in [0.1, 0.15) is 38.3 Å². The van der Waals surface area contributed by atoms with Crippen molar-refractivity contribution in [3.63, 3.8) is 0 Å². The van der Waals surface area contributed by atoms with Crippen LogP contribution in [0.25, 0.3) is 0 Å². The van der Waals surface area contributed by atoms with Gasteiger partial charge in [-0.25, -0.2) is 0 Å². The molecule has 2 unspecified atom stereocenters. The first kappa shape index (κ1) is 15.1. The van der Waals surface area contributed by atoms with Crippen LogP contribution in [0, 0.1) is 0 Å². The van der Waals surface area contributed by atoms with E-state index in [9.17, 15) is 0 Å². The third kappa shape index (κ3) is 3.64. The summed E-state index contributed by atoms with van der Waals surface area (Å²) in [5, 5.41) is 3.50. The maximum absolute atomic E-state index is 6.11. The van der Waals surface area contributed by atoms with Gasteiger partial charge in [-0.1, -0.05) is 13.0 Å². The summed E-state index contributed by atoms with van der Waals surface area (Å²) in [4.78, 5) is 0. The van der Waals surface area contributed by atoms with Gasteiger partial charge in [-0.2, -0.15) is 0 Å². The lowest BCUT2D eigenvalue weighted by molar-refractivity contribution is 0.140. The van der Waals surface area contributed by atoms with Crippen LogP contribution in [0.3, 0.4) is 0 Å². The zero-order valence-corrected chi connectivity index (χ0v) is 12.6. The maximum atomic E-state index is 6.11. The van der Waals surface area contributed by atoms with Gasteiger partial charge < -0.3 is 19.5 Å². The minimum atomic E-state index is 0.152. The lowest BCUT2D eigenvalue weighted by atomic mass is 10.1. The van der Waals surface area contributed by atoms with Gasteiger partial charge in [0.1, 0.15) is 17.6 Å². The van der Waals surface area contributed by atoms with Crippen LogP contribution in [0.15, 0.2) is 18.2 Å². The molecule has 1 saturated heterocycles. The van der Waals surface area contributed by atoms with Gasteiger partial charge in [0.05, 0.1) is 25.9 Å². The molecule has 0 aromatic heterocycles. The van der Waals surface area contributed by atoms with E-state index >= 15 is 0 Å². The average molecular weight is 279 g/mol. The molecule has 2 rings (SSSR count). The van der Waals surface area contributed by atoms with Crippen LogP contribution in [0.2, 0.25) is 0 Å². The maximum Gasteiger partial charge on any atom is 0.128 e. The normalized spacial score (nSPS) is 19.9. The molecule has 1 fully saturated rings. The number of hydrogen-bond acceptors (Lipinski definition) is 4. The van der Waals surface area contributed by atoms with Crippen molar-refractivity contribution in [1.29, 1.82) is 0 Å². The number of methoxy groups -OCH3 is 1. The monoisotopic (exact) mass is 279 g/mol. The van der Waals surface area contributed by atoms with Crippen LogP contribution < -0.4 is 14.8 Å². The molecule has 1 aromatic carbocycles. The largest absolute Gasteiger partial charge is 0.496 e. The number of nitrogens with one attached hydrogen (secondary N) is 1. The predicted molar refractivity (Wildman–Crippen MR) is 79.6 cm³/mol. The molecular formula is C16H25NO3. The zero-order valence-electron chi connectivity index (χ0n) is 12.6. The minimum Gasteiger partial charge on any atom is -0.496 e. The third-order valence-electron chi connectivity index (χ3n) is 3.56. The van der Waals surface area contributed by atoms with Crippen molar-refractivity contribution < 1.29 is 14.2 Å². The summed E-state index contributed by atoms with van der Waals surface area (Å²) in [6, 6.07) is 6.17. The lowest BCUT2D eigenvalue weighted by Crippen LogP contribution is -2.22. The van der Waals surface area contributed by atoms with Crippen LogP contribution in [-0.2, 0) is 4.74 Å². The summed E-state index contributed by atoms with van der Waals surface area (Å²) in [6.07, 6.45) is 2.21. The average Bonchev–Trinajstić information content (AvgIpc) is 2.97. The second-order valence-corrected chi connectivity index (χ2v) is 5.15. The second-order valence-electron chi connectivity index (χ2n) is 5.15. The Kier molecular flexibility index (Phi) is 5.68. The van der Waals surface area contributed by atoms with Crippen molar-refractivity contribution in [1.82, 2.24) is 5.32 Å². The predicted octanol–water partition coefficient (Wildman–Crippen LogP) is 2.92. The van der Waals surface area contributed by atoms with Gasteiger partial charge in [0.2, 0.25) is 0 Å². The molecule has 2 atom stereocenters. The lowest BCUT2D eigenvalue weighted by Gasteiger charge is -2.22. The number of rotatable bonds is 7. The number of hydrogen-bond donors (Lipinski definition) is 1. The molecule has 1 aromatic rings. The summed E-state index contributed by atoms with van der Waals surface area (Å²) >= 11 is 0. The van der Waals surface area contributed by atoms with E-state index in [0.29, 0.717) is 6.61 Å². The van der Waals surface area contributed by atoms with E-state index in [1.54, 1.807) is 7.11 Å². The van der Waals surface area contributed by atoms with Crippen molar-refractivity contribution in [2.24, 2.45) is 0 Å². The van der Waals surface area contributed by atoms with Crippen molar-refractivity contribution in [2.75, 3.05) is 26.9 Å². The Labute approximate surface area is 121 Å². The second kappa shape index (κ2) is 7.50. The molecule has 4 heteroatoms. The van der Waals surface area contributed by atoms with Gasteiger partial charge in [0, 0.05) is 12.5 Å². The van der Waals surface area contributed by atoms with E-state index in [4.69, 9.17) is 14.2 Å². The fourth-order valence-corrected chi connectivity index (χ4v) is 2.48. The van der Waals surface area contributed by atoms with Gasteiger partial charge in [0.25, 0.3) is 0 Å². The first-order chi connectivity index (χ1) is 9.76. The van der Waals surface area contributed by atoms with Gasteiger partial charge in [-0.3, -0.25) is 0 Å². The zero-order chi connectivity index (χ0) is 14.4. The highest BCUT2D eigenvalue weighted by molar-refractivity contribution is 5.47. The van der Waals surface area contributed by atoms with Crippen molar-refractivity contribution >= 4 is 0 Å². The molecule has 1 heterocycles. The first-order valence-electron chi connectivity index (χ1n) is 7.41. The highest BCUT2D eigenvalue weighted by Gasteiger charge is 2.22. The fraction of sp³-hybridized carbons (Fsp3) is 0.625. The standard InChI is InChI=1S/C16H25NO3/c1-4-9-17-12(2)16-14(18-3)6-5-7-15(16)20-13-8-10-19-11-13/h5-7,12-13,17H,4,8-11H2,1-3H3. The van der Waals surface area contributed by atoms with Crippen LogP contribution in [-0.4, -0.2) is 33.0 Å². The smallest absolute Gasteiger partial charge is 0.128 e. The summed E-state index contributed by atoms with van der Waals surface area (Å²) in [6.45, 7) is 6.74. The molecule has 112 valence electrons. The molecule has 0 saturated carbocycles. The summed E-state index contributed by atoms with van der Waals surface area (Å²) in [5.41, 5.74) is 1.09. The van der Waals surface area contributed by atoms with Gasteiger partial charge in [-0.15, -0.1) is 0 Å². The molecule has 20 heavy (non-hydrogen) atoms. The molecular weight excluding hydrogens is 254 g/mol. The molecule has 0 radical (unpaired) electrons. The van der Waals surface area contributed by atoms with Crippen molar-refractivity contribution in [2.45, 2.75) is 38.8 Å². The Balaban J connectivity index is 2.20. The van der Waals surface area contributed by atoms with Crippen LogP contribution >= 0.6 is 0 Å². The number of benzene rings is 1. The molecule has 4 nitrogen and oxygen atoms in total. The molecule has 1 aliphatic rings. The highest BCUT2D eigenvalue weighted by Crippen LogP contribution is 2.35. The summed E-state index contributed by atoms with van der Waals surface area (Å²) in [7, 11) is 1.70. The van der Waals surface area contributed by atoms with Crippen LogP contribution in [0.5, 0.6) is 11.5 Å². The minimum absolute atomic E-state index is 0.152. The molecule has 0 amide bonds. The molecule has 0 bridgehead atoms. The Morgan fingerprint density at radius 2 is 2.20 bits per heavy atom.